The number of amides is 1. The molecule has 0 unspecified atom stereocenters. The smallest absolute Gasteiger partial charge is 0.226 e. The van der Waals surface area contributed by atoms with Crippen LogP contribution in [0.25, 0.3) is 11.0 Å². The van der Waals surface area contributed by atoms with Crippen molar-refractivity contribution >= 4 is 33.4 Å². The quantitative estimate of drug-likeness (QED) is 0.548. The van der Waals surface area contributed by atoms with Gasteiger partial charge in [-0.05, 0) is 24.1 Å². The van der Waals surface area contributed by atoms with Crippen molar-refractivity contribution < 1.29 is 4.79 Å². The molecule has 130 valence electrons. The van der Waals surface area contributed by atoms with Gasteiger partial charge in [-0.25, -0.2) is 4.98 Å². The predicted octanol–water partition coefficient (Wildman–Crippen LogP) is 3.58. The topological polar surface area (TPSA) is 83.6 Å². The van der Waals surface area contributed by atoms with E-state index in [1.807, 2.05) is 54.6 Å². The van der Waals surface area contributed by atoms with Gasteiger partial charge in [0.25, 0.3) is 0 Å². The molecule has 4 rings (SSSR count). The van der Waals surface area contributed by atoms with E-state index in [2.05, 4.69) is 25.5 Å². The molecule has 0 spiro atoms. The Balaban J connectivity index is 1.34. The Morgan fingerprint density at radius 2 is 1.85 bits per heavy atom. The molecule has 6 nitrogen and oxygen atoms in total. The minimum Gasteiger partial charge on any atom is -0.342 e. The lowest BCUT2D eigenvalue weighted by molar-refractivity contribution is -0.116. The van der Waals surface area contributed by atoms with Gasteiger partial charge in [0.05, 0.1) is 17.5 Å². The Morgan fingerprint density at radius 3 is 2.69 bits per heavy atom. The van der Waals surface area contributed by atoms with Gasteiger partial charge in [-0.15, -0.1) is 10.2 Å². The Labute approximate surface area is 154 Å². The molecule has 2 aromatic carbocycles. The van der Waals surface area contributed by atoms with Gasteiger partial charge in [0.2, 0.25) is 11.0 Å². The number of carbonyl (C=O) groups excluding carboxylic acids is 1. The third-order valence-corrected chi connectivity index (χ3v) is 4.79. The standard InChI is InChI=1S/C19H17N5OS/c25-17(11-10-13-6-2-1-3-7-13)22-19-24-23-18(26-19)12-16-20-14-8-4-5-9-15(14)21-16/h1-9H,10-12H2,(H,20,21)(H,22,24,25). The van der Waals surface area contributed by atoms with Crippen LogP contribution in [0.4, 0.5) is 5.13 Å². The van der Waals surface area contributed by atoms with Gasteiger partial charge >= 0.3 is 0 Å². The first kappa shape index (κ1) is 16.4. The lowest BCUT2D eigenvalue weighted by Gasteiger charge is -2.01. The molecule has 0 saturated carbocycles. The monoisotopic (exact) mass is 363 g/mol. The highest BCUT2D eigenvalue weighted by Crippen LogP contribution is 2.19. The molecular formula is C19H17N5OS. The summed E-state index contributed by atoms with van der Waals surface area (Å²) in [4.78, 5) is 19.9. The van der Waals surface area contributed by atoms with E-state index in [4.69, 9.17) is 0 Å². The summed E-state index contributed by atoms with van der Waals surface area (Å²) in [5.41, 5.74) is 3.08. The van der Waals surface area contributed by atoms with E-state index in [-0.39, 0.29) is 5.91 Å². The molecule has 0 aliphatic heterocycles. The van der Waals surface area contributed by atoms with Crippen LogP contribution in [0.3, 0.4) is 0 Å². The van der Waals surface area contributed by atoms with Gasteiger partial charge in [-0.1, -0.05) is 53.8 Å². The van der Waals surface area contributed by atoms with Crippen molar-refractivity contribution in [2.75, 3.05) is 5.32 Å². The highest BCUT2D eigenvalue weighted by Gasteiger charge is 2.11. The van der Waals surface area contributed by atoms with E-state index >= 15 is 0 Å². The van der Waals surface area contributed by atoms with Crippen molar-refractivity contribution in [1.82, 2.24) is 20.2 Å². The van der Waals surface area contributed by atoms with Crippen LogP contribution in [-0.2, 0) is 17.6 Å². The van der Waals surface area contributed by atoms with Gasteiger partial charge in [-0.3, -0.25) is 4.79 Å². The summed E-state index contributed by atoms with van der Waals surface area (Å²) in [6.45, 7) is 0. The van der Waals surface area contributed by atoms with Gasteiger partial charge in [0.1, 0.15) is 10.8 Å². The SMILES string of the molecule is O=C(CCc1ccccc1)Nc1nnc(Cc2nc3ccccc3[nH]2)s1. The fraction of sp³-hybridized carbons (Fsp3) is 0.158. The second-order valence-corrected chi connectivity index (χ2v) is 6.97. The number of benzene rings is 2. The maximum Gasteiger partial charge on any atom is 0.226 e. The van der Waals surface area contributed by atoms with E-state index in [1.54, 1.807) is 0 Å². The number of H-pyrrole nitrogens is 1. The van der Waals surface area contributed by atoms with Crippen molar-refractivity contribution in [2.45, 2.75) is 19.3 Å². The van der Waals surface area contributed by atoms with Crippen molar-refractivity contribution in [2.24, 2.45) is 0 Å². The molecule has 0 aliphatic carbocycles. The van der Waals surface area contributed by atoms with Crippen LogP contribution in [0, 0.1) is 0 Å². The van der Waals surface area contributed by atoms with E-state index in [1.165, 1.54) is 11.3 Å². The van der Waals surface area contributed by atoms with E-state index in [0.29, 0.717) is 24.4 Å². The maximum absolute atomic E-state index is 12.1. The number of nitrogens with zero attached hydrogens (tertiary/aromatic N) is 3. The van der Waals surface area contributed by atoms with E-state index < -0.39 is 0 Å². The highest BCUT2D eigenvalue weighted by atomic mass is 32.1. The number of aromatic amines is 1. The lowest BCUT2D eigenvalue weighted by atomic mass is 10.1. The minimum atomic E-state index is -0.0553. The number of anilines is 1. The summed E-state index contributed by atoms with van der Waals surface area (Å²) >= 11 is 1.37. The molecule has 1 amide bonds. The predicted molar refractivity (Wildman–Crippen MR) is 102 cm³/mol. The highest BCUT2D eigenvalue weighted by molar-refractivity contribution is 7.15. The second kappa shape index (κ2) is 7.45. The summed E-state index contributed by atoms with van der Waals surface area (Å²) in [6, 6.07) is 17.8. The number of aromatic nitrogens is 4. The summed E-state index contributed by atoms with van der Waals surface area (Å²) < 4.78 is 0. The third kappa shape index (κ3) is 3.94. The number of para-hydroxylation sites is 2. The molecule has 7 heteroatoms. The summed E-state index contributed by atoms with van der Waals surface area (Å²) in [5.74, 6) is 0.782. The van der Waals surface area contributed by atoms with E-state index in [9.17, 15) is 4.79 Å². The molecule has 2 aromatic heterocycles. The lowest BCUT2D eigenvalue weighted by Crippen LogP contribution is -2.12. The Morgan fingerprint density at radius 1 is 1.04 bits per heavy atom. The van der Waals surface area contributed by atoms with Gasteiger partial charge in [0, 0.05) is 6.42 Å². The average molecular weight is 363 g/mol. The summed E-state index contributed by atoms with van der Waals surface area (Å²) in [6.07, 6.45) is 1.69. The molecule has 0 aliphatic rings. The number of aryl methyl sites for hydroxylation is 1. The fourth-order valence-corrected chi connectivity index (χ4v) is 3.45. The van der Waals surface area contributed by atoms with Crippen molar-refractivity contribution in [3.63, 3.8) is 0 Å². The zero-order valence-electron chi connectivity index (χ0n) is 14.0. The van der Waals surface area contributed by atoms with Gasteiger partial charge < -0.3 is 10.3 Å². The first-order chi connectivity index (χ1) is 12.8. The molecule has 26 heavy (non-hydrogen) atoms. The van der Waals surface area contributed by atoms with Crippen LogP contribution in [0.2, 0.25) is 0 Å². The Kier molecular flexibility index (Phi) is 4.70. The molecular weight excluding hydrogens is 346 g/mol. The van der Waals surface area contributed by atoms with Crippen molar-refractivity contribution in [3.05, 3.63) is 71.0 Å². The molecule has 0 atom stereocenters. The first-order valence-electron chi connectivity index (χ1n) is 8.36. The van der Waals surface area contributed by atoms with Crippen molar-refractivity contribution in [1.29, 1.82) is 0 Å². The van der Waals surface area contributed by atoms with Crippen LogP contribution in [0.5, 0.6) is 0 Å². The molecule has 0 saturated heterocycles. The van der Waals surface area contributed by atoms with Crippen LogP contribution >= 0.6 is 11.3 Å². The summed E-state index contributed by atoms with van der Waals surface area (Å²) in [7, 11) is 0. The molecule has 0 radical (unpaired) electrons. The summed E-state index contributed by atoms with van der Waals surface area (Å²) in [5, 5.41) is 12.4. The fourth-order valence-electron chi connectivity index (χ4n) is 2.69. The zero-order chi connectivity index (χ0) is 17.8. The van der Waals surface area contributed by atoms with Crippen molar-refractivity contribution in [3.8, 4) is 0 Å². The molecule has 2 heterocycles. The molecule has 0 bridgehead atoms. The van der Waals surface area contributed by atoms with Crippen LogP contribution < -0.4 is 5.32 Å². The van der Waals surface area contributed by atoms with Gasteiger partial charge in [-0.2, -0.15) is 0 Å². The average Bonchev–Trinajstić information content (AvgIpc) is 3.27. The number of imidazole rings is 1. The van der Waals surface area contributed by atoms with E-state index in [0.717, 1.165) is 27.4 Å². The van der Waals surface area contributed by atoms with Crippen LogP contribution in [0.15, 0.2) is 54.6 Å². The molecule has 0 fully saturated rings. The number of rotatable bonds is 6. The maximum atomic E-state index is 12.1. The normalized spacial score (nSPS) is 10.9. The number of hydrogen-bond donors (Lipinski definition) is 2. The molecule has 2 N–H and O–H groups in total. The minimum absolute atomic E-state index is 0.0553. The van der Waals surface area contributed by atoms with Crippen LogP contribution in [0.1, 0.15) is 22.8 Å². The van der Waals surface area contributed by atoms with Gasteiger partial charge in [0.15, 0.2) is 0 Å². The molecule has 4 aromatic rings. The largest absolute Gasteiger partial charge is 0.342 e. The second-order valence-electron chi connectivity index (χ2n) is 5.91. The first-order valence-corrected chi connectivity index (χ1v) is 9.18. The number of nitrogens with one attached hydrogen (secondary N) is 2. The van der Waals surface area contributed by atoms with Crippen LogP contribution in [-0.4, -0.2) is 26.1 Å². The third-order valence-electron chi connectivity index (χ3n) is 3.95. The Hall–Kier alpha value is -3.06. The number of carbonyl (C=O) groups is 1. The zero-order valence-corrected chi connectivity index (χ0v) is 14.8. The number of fused-ring (bicyclic) bond motifs is 1. The number of hydrogen-bond acceptors (Lipinski definition) is 5. The Bertz CT molecular complexity index is 992.